The van der Waals surface area contributed by atoms with Crippen LogP contribution in [-0.4, -0.2) is 21.9 Å². The molecule has 0 aromatic heterocycles. The Morgan fingerprint density at radius 3 is 2.22 bits per heavy atom. The Bertz CT molecular complexity index is 663. The van der Waals surface area contributed by atoms with Crippen LogP contribution in [0.25, 0.3) is 0 Å². The molecule has 120 valence electrons. The second-order valence-corrected chi connectivity index (χ2v) is 4.91. The van der Waals surface area contributed by atoms with Crippen molar-refractivity contribution in [2.24, 2.45) is 0 Å². The van der Waals surface area contributed by atoms with Crippen molar-refractivity contribution >= 4 is 17.3 Å². The zero-order valence-electron chi connectivity index (χ0n) is 12.1. The quantitative estimate of drug-likeness (QED) is 0.364. The van der Waals surface area contributed by atoms with Crippen molar-refractivity contribution < 1.29 is 19.4 Å². The molecule has 8 nitrogen and oxygen atoms in total. The van der Waals surface area contributed by atoms with E-state index in [1.54, 1.807) is 6.08 Å². The molecule has 0 amide bonds. The minimum atomic E-state index is -0.833. The molecule has 2 rings (SSSR count). The van der Waals surface area contributed by atoms with Crippen LogP contribution in [0, 0.1) is 20.2 Å². The topological polar surface area (TPSA) is 113 Å². The van der Waals surface area contributed by atoms with Gasteiger partial charge in [0.25, 0.3) is 11.4 Å². The smallest absolute Gasteiger partial charge is 0.339 e. The van der Waals surface area contributed by atoms with Gasteiger partial charge in [-0.15, -0.1) is 0 Å². The number of nitro groups is 2. The van der Waals surface area contributed by atoms with Gasteiger partial charge in [-0.1, -0.05) is 18.2 Å². The lowest BCUT2D eigenvalue weighted by Gasteiger charge is -2.13. The number of carbonyl (C=O) groups excluding carboxylic acids is 1. The second-order valence-electron chi connectivity index (χ2n) is 4.91. The highest BCUT2D eigenvalue weighted by Gasteiger charge is 2.22. The predicted octanol–water partition coefficient (Wildman–Crippen LogP) is 3.32. The Labute approximate surface area is 131 Å². The molecule has 0 spiro atoms. The van der Waals surface area contributed by atoms with Gasteiger partial charge in [-0.25, -0.2) is 4.79 Å². The number of rotatable bonds is 4. The third kappa shape index (κ3) is 4.47. The molecule has 1 aliphatic rings. The van der Waals surface area contributed by atoms with Crippen LogP contribution in [-0.2, 0) is 4.74 Å². The van der Waals surface area contributed by atoms with Gasteiger partial charge in [0.1, 0.15) is 6.10 Å². The lowest BCUT2D eigenvalue weighted by atomic mass is 10.1. The van der Waals surface area contributed by atoms with Gasteiger partial charge in [-0.3, -0.25) is 20.2 Å². The Morgan fingerprint density at radius 1 is 1.00 bits per heavy atom. The third-order valence-corrected chi connectivity index (χ3v) is 3.20. The first-order valence-corrected chi connectivity index (χ1v) is 6.94. The number of nitro benzene ring substituents is 2. The van der Waals surface area contributed by atoms with Crippen molar-refractivity contribution in [3.05, 3.63) is 68.3 Å². The van der Waals surface area contributed by atoms with Crippen molar-refractivity contribution in [1.29, 1.82) is 0 Å². The van der Waals surface area contributed by atoms with Crippen LogP contribution in [0.4, 0.5) is 11.4 Å². The van der Waals surface area contributed by atoms with Crippen LogP contribution in [0.1, 0.15) is 29.6 Å². The number of nitrogens with zero attached hydrogens (tertiary/aromatic N) is 2. The molecule has 0 heterocycles. The third-order valence-electron chi connectivity index (χ3n) is 3.20. The summed E-state index contributed by atoms with van der Waals surface area (Å²) < 4.78 is 5.26. The minimum Gasteiger partial charge on any atom is -0.454 e. The van der Waals surface area contributed by atoms with Gasteiger partial charge in [0.05, 0.1) is 21.5 Å². The van der Waals surface area contributed by atoms with Crippen LogP contribution in [0.5, 0.6) is 0 Å². The molecule has 0 aliphatic heterocycles. The largest absolute Gasteiger partial charge is 0.454 e. The fraction of sp³-hybridized carbons (Fsp3) is 0.267. The highest BCUT2D eigenvalue weighted by Crippen LogP contribution is 2.24. The summed E-state index contributed by atoms with van der Waals surface area (Å²) in [4.78, 5) is 32.2. The number of hydrogen-bond donors (Lipinski definition) is 0. The van der Waals surface area contributed by atoms with Gasteiger partial charge in [0, 0.05) is 18.6 Å². The summed E-state index contributed by atoms with van der Waals surface area (Å²) >= 11 is 0. The Hall–Kier alpha value is -3.03. The fourth-order valence-corrected chi connectivity index (χ4v) is 2.08. The molecule has 0 unspecified atom stereocenters. The molecular formula is C15H14N2O6. The first kappa shape index (κ1) is 16.3. The zero-order valence-corrected chi connectivity index (χ0v) is 12.1. The number of esters is 1. The minimum absolute atomic E-state index is 0.217. The maximum absolute atomic E-state index is 12.1. The van der Waals surface area contributed by atoms with Gasteiger partial charge < -0.3 is 4.74 Å². The van der Waals surface area contributed by atoms with Crippen LogP contribution in [0.15, 0.2) is 42.5 Å². The molecule has 0 N–H and O–H groups in total. The second kappa shape index (κ2) is 7.30. The molecule has 1 atom stereocenters. The van der Waals surface area contributed by atoms with Gasteiger partial charge in [-0.2, -0.15) is 0 Å². The van der Waals surface area contributed by atoms with Gasteiger partial charge in [0.15, 0.2) is 0 Å². The summed E-state index contributed by atoms with van der Waals surface area (Å²) in [5.74, 6) is -0.833. The molecule has 0 fully saturated rings. The van der Waals surface area contributed by atoms with E-state index in [4.69, 9.17) is 4.74 Å². The summed E-state index contributed by atoms with van der Waals surface area (Å²) in [6, 6.07) is 2.74. The fourth-order valence-electron chi connectivity index (χ4n) is 2.08. The average molecular weight is 318 g/mol. The van der Waals surface area contributed by atoms with Crippen LogP contribution in [0.3, 0.4) is 0 Å². The first-order chi connectivity index (χ1) is 11.0. The number of hydrogen-bond acceptors (Lipinski definition) is 6. The molecule has 1 aliphatic carbocycles. The summed E-state index contributed by atoms with van der Waals surface area (Å²) in [5.41, 5.74) is -1.27. The van der Waals surface area contributed by atoms with Gasteiger partial charge in [-0.05, 0) is 18.9 Å². The van der Waals surface area contributed by atoms with E-state index in [0.29, 0.717) is 6.42 Å². The molecule has 0 bridgehead atoms. The van der Waals surface area contributed by atoms with Crippen molar-refractivity contribution in [2.75, 3.05) is 0 Å². The van der Waals surface area contributed by atoms with Crippen molar-refractivity contribution in [2.45, 2.75) is 25.4 Å². The number of non-ortho nitro benzene ring substituents is 2. The van der Waals surface area contributed by atoms with E-state index >= 15 is 0 Å². The number of carbonyl (C=O) groups is 1. The van der Waals surface area contributed by atoms with Crippen LogP contribution in [0.2, 0.25) is 0 Å². The highest BCUT2D eigenvalue weighted by molar-refractivity contribution is 5.91. The molecule has 1 aromatic carbocycles. The van der Waals surface area contributed by atoms with E-state index in [1.165, 1.54) is 0 Å². The highest BCUT2D eigenvalue weighted by atomic mass is 16.6. The van der Waals surface area contributed by atoms with Gasteiger partial charge >= 0.3 is 5.97 Å². The zero-order chi connectivity index (χ0) is 16.8. The Kier molecular flexibility index (Phi) is 5.19. The van der Waals surface area contributed by atoms with E-state index in [9.17, 15) is 25.0 Å². The lowest BCUT2D eigenvalue weighted by Crippen LogP contribution is -2.16. The monoisotopic (exact) mass is 318 g/mol. The van der Waals surface area contributed by atoms with E-state index in [-0.39, 0.29) is 5.56 Å². The Balaban J connectivity index is 2.23. The molecule has 8 heteroatoms. The maximum Gasteiger partial charge on any atom is 0.339 e. The number of ether oxygens (including phenoxy) is 1. The summed E-state index contributed by atoms with van der Waals surface area (Å²) in [6.07, 6.45) is 9.21. The SMILES string of the molecule is O=C(O[C@@H]1/C=C\CC/C=C\C1)c1cc([N+](=O)[O-])cc([N+](=O)[O-])c1. The van der Waals surface area contributed by atoms with E-state index in [1.807, 2.05) is 18.2 Å². The van der Waals surface area contributed by atoms with Crippen molar-refractivity contribution in [3.63, 3.8) is 0 Å². The summed E-state index contributed by atoms with van der Waals surface area (Å²) in [5, 5.41) is 21.7. The van der Waals surface area contributed by atoms with Crippen molar-refractivity contribution in [3.8, 4) is 0 Å². The molecule has 0 saturated heterocycles. The predicted molar refractivity (Wildman–Crippen MR) is 81.1 cm³/mol. The molecule has 1 aromatic rings. The van der Waals surface area contributed by atoms with E-state index in [2.05, 4.69) is 0 Å². The summed E-state index contributed by atoms with van der Waals surface area (Å²) in [6.45, 7) is 0. The number of benzene rings is 1. The van der Waals surface area contributed by atoms with E-state index < -0.39 is 33.3 Å². The summed E-state index contributed by atoms with van der Waals surface area (Å²) in [7, 11) is 0. The molecule has 0 saturated carbocycles. The molecule has 0 radical (unpaired) electrons. The van der Waals surface area contributed by atoms with Crippen LogP contribution >= 0.6 is 0 Å². The van der Waals surface area contributed by atoms with Gasteiger partial charge in [0.2, 0.25) is 0 Å². The molecule has 23 heavy (non-hydrogen) atoms. The standard InChI is InChI=1S/C15H14N2O6/c18-15(23-14-6-4-2-1-3-5-7-14)11-8-12(16(19)20)10-13(9-11)17(21)22/h2,4-5,7-10,14H,1,3,6H2/b4-2-,7-5-/t14-/m0/s1. The lowest BCUT2D eigenvalue weighted by molar-refractivity contribution is -0.394. The van der Waals surface area contributed by atoms with E-state index in [0.717, 1.165) is 31.0 Å². The number of allylic oxidation sites excluding steroid dienone is 2. The maximum atomic E-state index is 12.1. The van der Waals surface area contributed by atoms with Crippen LogP contribution < -0.4 is 0 Å². The first-order valence-electron chi connectivity index (χ1n) is 6.94. The normalized spacial score (nSPS) is 19.9. The Morgan fingerprint density at radius 2 is 1.61 bits per heavy atom. The van der Waals surface area contributed by atoms with Crippen molar-refractivity contribution in [1.82, 2.24) is 0 Å². The average Bonchev–Trinajstić information content (AvgIpc) is 2.49. The molecular weight excluding hydrogens is 304 g/mol.